The largest absolute Gasteiger partial charge is 0.327 e. The Bertz CT molecular complexity index is 556. The van der Waals surface area contributed by atoms with Crippen molar-refractivity contribution < 1.29 is 8.42 Å². The molecule has 0 heterocycles. The van der Waals surface area contributed by atoms with Gasteiger partial charge in [0, 0.05) is 17.1 Å². The molecule has 0 saturated heterocycles. The summed E-state index contributed by atoms with van der Waals surface area (Å²) < 4.78 is 27.5. The predicted molar refractivity (Wildman–Crippen MR) is 86.8 cm³/mol. The molecule has 0 aliphatic carbocycles. The van der Waals surface area contributed by atoms with E-state index in [1.807, 2.05) is 13.8 Å². The van der Waals surface area contributed by atoms with Gasteiger partial charge in [-0.3, -0.25) is 0 Å². The van der Waals surface area contributed by atoms with Crippen LogP contribution in [0.3, 0.4) is 0 Å². The standard InChI is InChI=1S/C12H17BrCl2N2O2S/c1-7(2)3-9(16)6-17-20(18,19)12-10(14)4-8(13)5-11(12)15/h4-5,7,9,17H,3,6,16H2,1-2H3. The van der Waals surface area contributed by atoms with Crippen LogP contribution >= 0.6 is 39.1 Å². The second-order valence-corrected chi connectivity index (χ2v) is 8.37. The average Bonchev–Trinajstić information content (AvgIpc) is 2.23. The Balaban J connectivity index is 2.90. The smallest absolute Gasteiger partial charge is 0.243 e. The number of nitrogens with two attached hydrogens (primary N) is 1. The number of benzene rings is 1. The van der Waals surface area contributed by atoms with Gasteiger partial charge in [0.15, 0.2) is 0 Å². The maximum absolute atomic E-state index is 12.2. The molecule has 0 aliphatic heterocycles. The number of sulfonamides is 1. The van der Waals surface area contributed by atoms with Gasteiger partial charge in [0.25, 0.3) is 0 Å². The molecule has 1 aromatic carbocycles. The summed E-state index contributed by atoms with van der Waals surface area (Å²) in [4.78, 5) is -0.124. The van der Waals surface area contributed by atoms with Crippen molar-refractivity contribution in [2.24, 2.45) is 11.7 Å². The molecule has 1 unspecified atom stereocenters. The molecule has 0 aliphatic rings. The highest BCUT2D eigenvalue weighted by Gasteiger charge is 2.23. The first-order valence-electron chi connectivity index (χ1n) is 6.03. The Morgan fingerprint density at radius 3 is 2.25 bits per heavy atom. The molecule has 0 saturated carbocycles. The Morgan fingerprint density at radius 1 is 1.30 bits per heavy atom. The average molecular weight is 404 g/mol. The molecule has 8 heteroatoms. The van der Waals surface area contributed by atoms with Crippen molar-refractivity contribution in [3.05, 3.63) is 26.7 Å². The first-order chi connectivity index (χ1) is 9.13. The highest BCUT2D eigenvalue weighted by molar-refractivity contribution is 9.10. The van der Waals surface area contributed by atoms with Gasteiger partial charge in [-0.2, -0.15) is 0 Å². The van der Waals surface area contributed by atoms with Crippen molar-refractivity contribution >= 4 is 49.2 Å². The fourth-order valence-electron chi connectivity index (χ4n) is 1.76. The molecule has 0 fully saturated rings. The SMILES string of the molecule is CC(C)CC(N)CNS(=O)(=O)c1c(Cl)cc(Br)cc1Cl. The summed E-state index contributed by atoms with van der Waals surface area (Å²) in [7, 11) is -3.78. The molecule has 0 aromatic heterocycles. The van der Waals surface area contributed by atoms with E-state index in [2.05, 4.69) is 20.7 Å². The second-order valence-electron chi connectivity index (χ2n) is 4.94. The quantitative estimate of drug-likeness (QED) is 0.764. The van der Waals surface area contributed by atoms with Gasteiger partial charge in [-0.05, 0) is 24.5 Å². The van der Waals surface area contributed by atoms with Gasteiger partial charge >= 0.3 is 0 Å². The third kappa shape index (κ3) is 5.16. The number of hydrogen-bond donors (Lipinski definition) is 2. The van der Waals surface area contributed by atoms with Gasteiger partial charge < -0.3 is 5.73 Å². The first-order valence-corrected chi connectivity index (χ1v) is 9.06. The van der Waals surface area contributed by atoms with Crippen molar-refractivity contribution in [1.29, 1.82) is 0 Å². The van der Waals surface area contributed by atoms with Crippen LogP contribution < -0.4 is 10.5 Å². The third-order valence-electron chi connectivity index (χ3n) is 2.54. The highest BCUT2D eigenvalue weighted by atomic mass is 79.9. The zero-order valence-corrected chi connectivity index (χ0v) is 15.1. The highest BCUT2D eigenvalue weighted by Crippen LogP contribution is 2.32. The molecule has 1 atom stereocenters. The van der Waals surface area contributed by atoms with E-state index in [1.165, 1.54) is 12.1 Å². The summed E-state index contributed by atoms with van der Waals surface area (Å²) >= 11 is 15.1. The summed E-state index contributed by atoms with van der Waals surface area (Å²) in [6, 6.07) is 2.71. The van der Waals surface area contributed by atoms with E-state index < -0.39 is 10.0 Å². The van der Waals surface area contributed by atoms with E-state index in [-0.39, 0.29) is 27.5 Å². The van der Waals surface area contributed by atoms with Gasteiger partial charge in [-0.15, -0.1) is 0 Å². The molecule has 0 bridgehead atoms. The Hall–Kier alpha value is 0.150. The van der Waals surface area contributed by atoms with Crippen LogP contribution in [0, 0.1) is 5.92 Å². The molecule has 0 spiro atoms. The Labute approximate surface area is 138 Å². The minimum Gasteiger partial charge on any atom is -0.327 e. The van der Waals surface area contributed by atoms with Gasteiger partial charge in [0.2, 0.25) is 10.0 Å². The van der Waals surface area contributed by atoms with Crippen LogP contribution in [0.25, 0.3) is 0 Å². The zero-order valence-electron chi connectivity index (χ0n) is 11.2. The molecule has 114 valence electrons. The van der Waals surface area contributed by atoms with Crippen molar-refractivity contribution in [3.63, 3.8) is 0 Å². The molecule has 1 aromatic rings. The molecular weight excluding hydrogens is 387 g/mol. The molecule has 1 rings (SSSR count). The van der Waals surface area contributed by atoms with Crippen LogP contribution in [-0.4, -0.2) is 21.0 Å². The van der Waals surface area contributed by atoms with E-state index >= 15 is 0 Å². The van der Waals surface area contributed by atoms with Gasteiger partial charge in [0.05, 0.1) is 10.0 Å². The second kappa shape index (κ2) is 7.42. The lowest BCUT2D eigenvalue weighted by molar-refractivity contribution is 0.486. The van der Waals surface area contributed by atoms with Crippen molar-refractivity contribution in [2.75, 3.05) is 6.54 Å². The van der Waals surface area contributed by atoms with Crippen molar-refractivity contribution in [3.8, 4) is 0 Å². The van der Waals surface area contributed by atoms with Gasteiger partial charge in [-0.1, -0.05) is 53.0 Å². The first kappa shape index (κ1) is 18.2. The van der Waals surface area contributed by atoms with Crippen molar-refractivity contribution in [2.45, 2.75) is 31.2 Å². The van der Waals surface area contributed by atoms with E-state index in [1.54, 1.807) is 0 Å². The predicted octanol–water partition coefficient (Wildman–Crippen LogP) is 3.41. The summed E-state index contributed by atoms with van der Waals surface area (Å²) in [6.45, 7) is 4.19. The molecular formula is C12H17BrCl2N2O2S. The van der Waals surface area contributed by atoms with Crippen LogP contribution in [0.2, 0.25) is 10.0 Å². The number of halogens is 3. The van der Waals surface area contributed by atoms with Gasteiger partial charge in [-0.25, -0.2) is 13.1 Å². The van der Waals surface area contributed by atoms with Gasteiger partial charge in [0.1, 0.15) is 4.90 Å². The Kier molecular flexibility index (Phi) is 6.76. The zero-order chi connectivity index (χ0) is 15.5. The van der Waals surface area contributed by atoms with Crippen LogP contribution in [0.1, 0.15) is 20.3 Å². The number of nitrogens with one attached hydrogen (secondary N) is 1. The fraction of sp³-hybridized carbons (Fsp3) is 0.500. The third-order valence-corrected chi connectivity index (χ3v) is 5.34. The summed E-state index contributed by atoms with van der Waals surface area (Å²) in [5, 5.41) is 0.128. The topological polar surface area (TPSA) is 72.2 Å². The minimum absolute atomic E-state index is 0.0642. The molecule has 0 amide bonds. The van der Waals surface area contributed by atoms with E-state index in [0.717, 1.165) is 6.42 Å². The lowest BCUT2D eigenvalue weighted by Gasteiger charge is -2.16. The van der Waals surface area contributed by atoms with Crippen LogP contribution in [0.15, 0.2) is 21.5 Å². The summed E-state index contributed by atoms with van der Waals surface area (Å²) in [6.07, 6.45) is 0.727. The maximum Gasteiger partial charge on any atom is 0.243 e. The normalized spacial score (nSPS) is 13.8. The summed E-state index contributed by atoms with van der Waals surface area (Å²) in [5.74, 6) is 0.398. The maximum atomic E-state index is 12.2. The van der Waals surface area contributed by atoms with Crippen LogP contribution in [0.4, 0.5) is 0 Å². The van der Waals surface area contributed by atoms with Crippen LogP contribution in [-0.2, 0) is 10.0 Å². The van der Waals surface area contributed by atoms with E-state index in [4.69, 9.17) is 28.9 Å². The molecule has 4 nitrogen and oxygen atoms in total. The van der Waals surface area contributed by atoms with E-state index in [0.29, 0.717) is 10.4 Å². The van der Waals surface area contributed by atoms with Crippen LogP contribution in [0.5, 0.6) is 0 Å². The lowest BCUT2D eigenvalue weighted by Crippen LogP contribution is -2.38. The molecule has 20 heavy (non-hydrogen) atoms. The summed E-state index contributed by atoms with van der Waals surface area (Å²) in [5.41, 5.74) is 5.86. The molecule has 0 radical (unpaired) electrons. The lowest BCUT2D eigenvalue weighted by atomic mass is 10.1. The molecule has 3 N–H and O–H groups in total. The number of hydrogen-bond acceptors (Lipinski definition) is 3. The van der Waals surface area contributed by atoms with E-state index in [9.17, 15) is 8.42 Å². The Morgan fingerprint density at radius 2 is 1.80 bits per heavy atom. The minimum atomic E-state index is -3.78. The number of rotatable bonds is 6. The monoisotopic (exact) mass is 402 g/mol. The van der Waals surface area contributed by atoms with Crippen molar-refractivity contribution in [1.82, 2.24) is 4.72 Å². The fourth-order valence-corrected chi connectivity index (χ4v) is 4.79.